The molecular weight excluding hydrogens is 681 g/mol. The molecule has 0 spiro atoms. The van der Waals surface area contributed by atoms with Gasteiger partial charge in [-0.1, -0.05) is 0 Å². The molecule has 43 heavy (non-hydrogen) atoms. The maximum atomic E-state index is 14.5. The van der Waals surface area contributed by atoms with Crippen LogP contribution in [-0.2, 0) is 19.6 Å². The molecule has 0 unspecified atom stereocenters. The minimum atomic E-state index is -8.96. The van der Waals surface area contributed by atoms with E-state index in [1.807, 2.05) is 0 Å². The van der Waals surface area contributed by atoms with Gasteiger partial charge in [0, 0.05) is 25.9 Å². The van der Waals surface area contributed by atoms with Crippen LogP contribution in [0.1, 0.15) is 38.5 Å². The monoisotopic (exact) mass is 699 g/mol. The van der Waals surface area contributed by atoms with E-state index in [0.717, 1.165) is 0 Å². The van der Waals surface area contributed by atoms with Crippen LogP contribution in [0.25, 0.3) is 0 Å². The summed E-state index contributed by atoms with van der Waals surface area (Å²) in [4.78, 5) is 21.0. The van der Waals surface area contributed by atoms with E-state index in [2.05, 4.69) is 0 Å². The predicted octanol–water partition coefficient (Wildman–Crippen LogP) is 6.09. The first-order valence-electron chi connectivity index (χ1n) is 10.9. The molecule has 0 saturated carbocycles. The van der Waals surface area contributed by atoms with Crippen molar-refractivity contribution in [3.63, 3.8) is 0 Å². The van der Waals surface area contributed by atoms with E-state index in [0.29, 0.717) is 0 Å². The van der Waals surface area contributed by atoms with Gasteiger partial charge in [0.1, 0.15) is 0 Å². The summed E-state index contributed by atoms with van der Waals surface area (Å²) < 4.78 is 253. The number of hydrogen-bond donors (Lipinski definition) is 2. The average Bonchev–Trinajstić information content (AvgIpc) is 2.80. The smallest absolute Gasteiger partial charge is 0.460 e. The molecule has 0 fully saturated rings. The Morgan fingerprint density at radius 3 is 1.05 bits per heavy atom. The minimum absolute atomic E-state index is 0.665. The van der Waals surface area contributed by atoms with Crippen LogP contribution in [0.4, 0.5) is 74.6 Å². The van der Waals surface area contributed by atoms with E-state index in [-0.39, 0.29) is 0 Å². The first kappa shape index (κ1) is 40.7. The van der Waals surface area contributed by atoms with Crippen molar-refractivity contribution >= 4 is 22.0 Å². The Bertz CT molecular complexity index is 1090. The van der Waals surface area contributed by atoms with Gasteiger partial charge in [-0.2, -0.15) is 78.9 Å². The zero-order valence-electron chi connectivity index (χ0n) is 20.5. The van der Waals surface area contributed by atoms with Crippen molar-refractivity contribution in [2.45, 2.75) is 85.5 Å². The quantitative estimate of drug-likeness (QED) is 0.132. The van der Waals surface area contributed by atoms with E-state index >= 15 is 0 Å². The number of alkyl halides is 17. The van der Waals surface area contributed by atoms with Crippen LogP contribution >= 0.6 is 0 Å². The number of halogens is 17. The van der Waals surface area contributed by atoms with Crippen LogP contribution in [0.15, 0.2) is 0 Å². The maximum absolute atomic E-state index is 14.5. The molecule has 0 rings (SSSR count). The molecule has 0 saturated heterocycles. The standard InChI is InChI=1S/C18H18F17NO6S/c19-11(20,13(23,24)15(27,28)17(31,32)33)12(21,22)14(25,26)16(29,30)18(34,35)43(41,42)36(7-3-1-5-9(37)38)8-4-2-6-10(39)40/h1-8H2,(H,37,38)(H,39,40). The topological polar surface area (TPSA) is 112 Å². The Labute approximate surface area is 228 Å². The van der Waals surface area contributed by atoms with Crippen LogP contribution in [-0.4, -0.2) is 94.9 Å². The Kier molecular flexibility index (Phi) is 11.9. The van der Waals surface area contributed by atoms with Crippen molar-refractivity contribution in [3.05, 3.63) is 0 Å². The summed E-state index contributed by atoms with van der Waals surface area (Å²) in [6.45, 7) is -3.05. The van der Waals surface area contributed by atoms with Crippen LogP contribution in [0.3, 0.4) is 0 Å². The van der Waals surface area contributed by atoms with Crippen LogP contribution in [0.5, 0.6) is 0 Å². The lowest BCUT2D eigenvalue weighted by Crippen LogP contribution is -2.75. The molecule has 0 aliphatic heterocycles. The lowest BCUT2D eigenvalue weighted by Gasteiger charge is -2.43. The molecule has 0 heterocycles. The zero-order chi connectivity index (χ0) is 34.9. The number of nitrogens with zero attached hydrogens (tertiary/aromatic N) is 1. The fraction of sp³-hybridized carbons (Fsp3) is 0.889. The predicted molar refractivity (Wildman–Crippen MR) is 104 cm³/mol. The van der Waals surface area contributed by atoms with E-state index in [1.165, 1.54) is 0 Å². The van der Waals surface area contributed by atoms with E-state index in [1.54, 1.807) is 0 Å². The normalized spacial score (nSPS) is 15.2. The summed E-state index contributed by atoms with van der Waals surface area (Å²) in [5.41, 5.74) is 0. The Balaban J connectivity index is 6.86. The van der Waals surface area contributed by atoms with Crippen LogP contribution in [0, 0.1) is 0 Å². The van der Waals surface area contributed by atoms with Crippen molar-refractivity contribution in [1.82, 2.24) is 4.31 Å². The Morgan fingerprint density at radius 1 is 0.488 bits per heavy atom. The zero-order valence-corrected chi connectivity index (χ0v) is 21.3. The number of aliphatic carboxylic acids is 2. The van der Waals surface area contributed by atoms with Gasteiger partial charge in [0.25, 0.3) is 10.0 Å². The van der Waals surface area contributed by atoms with Crippen LogP contribution < -0.4 is 0 Å². The van der Waals surface area contributed by atoms with Gasteiger partial charge in [0.05, 0.1) is 0 Å². The Hall–Kier alpha value is -2.34. The summed E-state index contributed by atoms with van der Waals surface area (Å²) in [6.07, 6.45) is -12.8. The van der Waals surface area contributed by atoms with Gasteiger partial charge in [0.2, 0.25) is 0 Å². The third kappa shape index (κ3) is 7.00. The van der Waals surface area contributed by atoms with Crippen molar-refractivity contribution in [1.29, 1.82) is 0 Å². The van der Waals surface area contributed by atoms with E-state index in [4.69, 9.17) is 10.2 Å². The summed E-state index contributed by atoms with van der Waals surface area (Å²) in [5.74, 6) is -55.5. The summed E-state index contributed by atoms with van der Waals surface area (Å²) in [7, 11) is -7.55. The first-order valence-corrected chi connectivity index (χ1v) is 12.3. The second kappa shape index (κ2) is 12.6. The van der Waals surface area contributed by atoms with Crippen LogP contribution in [0.2, 0.25) is 0 Å². The van der Waals surface area contributed by atoms with Crippen molar-refractivity contribution < 1.29 is 103 Å². The second-order valence-corrected chi connectivity index (χ2v) is 10.5. The number of sulfonamides is 1. The fourth-order valence-electron chi connectivity index (χ4n) is 2.95. The van der Waals surface area contributed by atoms with Crippen molar-refractivity contribution in [3.8, 4) is 0 Å². The highest BCUT2D eigenvalue weighted by Crippen LogP contribution is 2.64. The molecule has 0 amide bonds. The van der Waals surface area contributed by atoms with E-state index in [9.17, 15) is 92.6 Å². The number of rotatable bonds is 18. The molecule has 7 nitrogen and oxygen atoms in total. The van der Waals surface area contributed by atoms with Gasteiger partial charge >= 0.3 is 58.9 Å². The summed E-state index contributed by atoms with van der Waals surface area (Å²) >= 11 is 0. The number of carboxylic acid groups (broad SMARTS) is 2. The minimum Gasteiger partial charge on any atom is -0.481 e. The molecule has 256 valence electrons. The molecular formula is C18H18F17NO6S. The van der Waals surface area contributed by atoms with Gasteiger partial charge in [-0.25, -0.2) is 8.42 Å². The molecule has 0 aromatic carbocycles. The molecule has 0 aromatic rings. The summed E-state index contributed by atoms with van der Waals surface area (Å²) in [5, 5.41) is 9.25. The third-order valence-electron chi connectivity index (χ3n) is 5.45. The molecule has 0 atom stereocenters. The largest absolute Gasteiger partial charge is 0.481 e. The SMILES string of the molecule is O=C(O)CCCCN(CCCCC(=O)O)S(=O)(=O)C(F)(F)C(F)(F)C(F)(F)C(F)(F)C(F)(F)C(F)(F)C(F)(F)C(F)(F)F. The van der Waals surface area contributed by atoms with Gasteiger partial charge in [-0.05, 0) is 25.7 Å². The number of unbranched alkanes of at least 4 members (excludes halogenated alkanes) is 2. The number of carbonyl (C=O) groups is 2. The first-order chi connectivity index (χ1) is 18.7. The van der Waals surface area contributed by atoms with Crippen molar-refractivity contribution in [2.75, 3.05) is 13.1 Å². The average molecular weight is 699 g/mol. The fourth-order valence-corrected chi connectivity index (χ4v) is 4.47. The van der Waals surface area contributed by atoms with Gasteiger partial charge < -0.3 is 10.2 Å². The van der Waals surface area contributed by atoms with Gasteiger partial charge in [-0.15, -0.1) is 0 Å². The van der Waals surface area contributed by atoms with E-state index < -0.39 is 125 Å². The maximum Gasteiger partial charge on any atom is 0.460 e. The second-order valence-electron chi connectivity index (χ2n) is 8.57. The highest BCUT2D eigenvalue weighted by atomic mass is 32.2. The van der Waals surface area contributed by atoms with Gasteiger partial charge in [0.15, 0.2) is 0 Å². The summed E-state index contributed by atoms with van der Waals surface area (Å²) in [6, 6.07) is 0. The highest BCUT2D eigenvalue weighted by molar-refractivity contribution is 7.90. The Morgan fingerprint density at radius 2 is 0.767 bits per heavy atom. The molecule has 0 aliphatic rings. The molecule has 0 aliphatic carbocycles. The lowest BCUT2D eigenvalue weighted by atomic mass is 9.91. The lowest BCUT2D eigenvalue weighted by molar-refractivity contribution is -0.458. The number of hydrogen-bond acceptors (Lipinski definition) is 4. The van der Waals surface area contributed by atoms with Crippen molar-refractivity contribution in [2.24, 2.45) is 0 Å². The molecule has 2 N–H and O–H groups in total. The molecule has 0 radical (unpaired) electrons. The molecule has 0 bridgehead atoms. The number of carboxylic acids is 2. The molecule has 0 aromatic heterocycles. The third-order valence-corrected chi connectivity index (χ3v) is 7.40. The van der Waals surface area contributed by atoms with Gasteiger partial charge in [-0.3, -0.25) is 9.59 Å². The molecule has 25 heteroatoms. The highest BCUT2D eigenvalue weighted by Gasteiger charge is 2.96.